The Labute approximate surface area is 245 Å². The van der Waals surface area contributed by atoms with Gasteiger partial charge >= 0.3 is 0 Å². The van der Waals surface area contributed by atoms with E-state index in [0.717, 1.165) is 22.7 Å². The summed E-state index contributed by atoms with van der Waals surface area (Å²) < 4.78 is 2.24. The normalized spacial score (nSPS) is 11.3. The smallest absolute Gasteiger partial charge is 0.0528 e. The number of hydrogen-bond donors (Lipinski definition) is 0. The summed E-state index contributed by atoms with van der Waals surface area (Å²) in [5.41, 5.74) is 8.18. The minimum Gasteiger partial charge on any atom is -0.317 e. The Morgan fingerprint density at radius 3 is 1.43 bits per heavy atom. The highest BCUT2D eigenvalue weighted by Gasteiger charge is 2.14. The molecule has 8 aromatic rings. The van der Waals surface area contributed by atoms with Crippen molar-refractivity contribution in [2.45, 2.75) is 0 Å². The van der Waals surface area contributed by atoms with Crippen molar-refractivity contribution in [2.75, 3.05) is 4.90 Å². The lowest BCUT2D eigenvalue weighted by molar-refractivity contribution is 1.13. The number of anilines is 3. The van der Waals surface area contributed by atoms with Crippen LogP contribution in [0.25, 0.3) is 49.3 Å². The molecule has 0 atom stereocenters. The van der Waals surface area contributed by atoms with Crippen LogP contribution in [0.15, 0.2) is 170 Å². The number of benzene rings is 7. The molecule has 1 heterocycles. The van der Waals surface area contributed by atoms with Crippen molar-refractivity contribution in [1.29, 1.82) is 0 Å². The molecule has 42 heavy (non-hydrogen) atoms. The Morgan fingerprint density at radius 1 is 0.357 bits per heavy atom. The van der Waals surface area contributed by atoms with Crippen LogP contribution >= 0.6 is 0 Å². The van der Waals surface area contributed by atoms with Crippen LogP contribution in [0.3, 0.4) is 0 Å². The molecule has 0 saturated carbocycles. The average Bonchev–Trinajstić information content (AvgIpc) is 3.50. The van der Waals surface area contributed by atoms with Crippen molar-refractivity contribution in [2.24, 2.45) is 0 Å². The van der Waals surface area contributed by atoms with Gasteiger partial charge in [0.1, 0.15) is 0 Å². The standard InChI is InChI=1S/C40H28N2/c1-3-10-34-27-38(23-17-29(34)7-1)42(39-24-18-30-8-2-4-11-35(30)28-39)37-21-15-32(16-22-37)31-13-19-36(20-14-31)41-26-25-33-9-5-6-12-40(33)41/h1-28H. The van der Waals surface area contributed by atoms with E-state index in [1.807, 2.05) is 0 Å². The molecule has 0 N–H and O–H groups in total. The van der Waals surface area contributed by atoms with Gasteiger partial charge in [0, 0.05) is 28.9 Å². The van der Waals surface area contributed by atoms with Gasteiger partial charge in [-0.05, 0) is 98.7 Å². The lowest BCUT2D eigenvalue weighted by Gasteiger charge is -2.26. The minimum absolute atomic E-state index is 1.12. The number of fused-ring (bicyclic) bond motifs is 3. The number of aromatic nitrogens is 1. The third-order valence-corrected chi connectivity index (χ3v) is 8.19. The summed E-state index contributed by atoms with van der Waals surface area (Å²) in [5.74, 6) is 0. The monoisotopic (exact) mass is 536 g/mol. The van der Waals surface area contributed by atoms with Crippen LogP contribution in [0.1, 0.15) is 0 Å². The molecular formula is C40H28N2. The third-order valence-electron chi connectivity index (χ3n) is 8.19. The molecule has 8 rings (SSSR count). The van der Waals surface area contributed by atoms with E-state index in [9.17, 15) is 0 Å². The van der Waals surface area contributed by atoms with Gasteiger partial charge in [0.25, 0.3) is 0 Å². The Morgan fingerprint density at radius 2 is 0.833 bits per heavy atom. The first kappa shape index (κ1) is 24.2. The second kappa shape index (κ2) is 10.1. The van der Waals surface area contributed by atoms with Gasteiger partial charge in [0.2, 0.25) is 0 Å². The molecule has 2 nitrogen and oxygen atoms in total. The number of hydrogen-bond acceptors (Lipinski definition) is 1. The van der Waals surface area contributed by atoms with E-state index >= 15 is 0 Å². The van der Waals surface area contributed by atoms with E-state index in [-0.39, 0.29) is 0 Å². The van der Waals surface area contributed by atoms with Crippen LogP contribution < -0.4 is 4.90 Å². The van der Waals surface area contributed by atoms with Crippen molar-refractivity contribution < 1.29 is 0 Å². The topological polar surface area (TPSA) is 8.17 Å². The summed E-state index contributed by atoms with van der Waals surface area (Å²) in [6, 6.07) is 58.9. The quantitative estimate of drug-likeness (QED) is 0.212. The van der Waals surface area contributed by atoms with E-state index in [4.69, 9.17) is 0 Å². The number of nitrogens with zero attached hydrogens (tertiary/aromatic N) is 2. The predicted octanol–water partition coefficient (Wildman–Crippen LogP) is 11.1. The molecule has 0 radical (unpaired) electrons. The maximum Gasteiger partial charge on any atom is 0.0528 e. The lowest BCUT2D eigenvalue weighted by Crippen LogP contribution is -2.09. The van der Waals surface area contributed by atoms with Crippen LogP contribution in [-0.4, -0.2) is 4.57 Å². The van der Waals surface area contributed by atoms with E-state index in [1.165, 1.54) is 43.6 Å². The molecule has 0 aliphatic carbocycles. The maximum atomic E-state index is 2.35. The summed E-state index contributed by atoms with van der Waals surface area (Å²) in [5, 5.41) is 6.19. The fourth-order valence-corrected chi connectivity index (χ4v) is 6.00. The van der Waals surface area contributed by atoms with Crippen molar-refractivity contribution in [3.63, 3.8) is 0 Å². The van der Waals surface area contributed by atoms with Gasteiger partial charge in [-0.25, -0.2) is 0 Å². The van der Waals surface area contributed by atoms with Gasteiger partial charge in [-0.3, -0.25) is 0 Å². The summed E-state index contributed by atoms with van der Waals surface area (Å²) in [7, 11) is 0. The molecule has 7 aromatic carbocycles. The van der Waals surface area contributed by atoms with Gasteiger partial charge in [-0.2, -0.15) is 0 Å². The SMILES string of the molecule is c1ccc2cc(N(c3ccc(-c4ccc(-n5ccc6ccccc65)cc4)cc3)c3ccc4ccccc4c3)ccc2c1. The Bertz CT molecular complexity index is 2110. The molecule has 0 unspecified atom stereocenters. The molecule has 0 aliphatic heterocycles. The fourth-order valence-electron chi connectivity index (χ4n) is 6.00. The molecule has 0 aliphatic rings. The second-order valence-corrected chi connectivity index (χ2v) is 10.7. The van der Waals surface area contributed by atoms with E-state index < -0.39 is 0 Å². The molecule has 0 bridgehead atoms. The molecule has 198 valence electrons. The zero-order chi connectivity index (χ0) is 27.9. The van der Waals surface area contributed by atoms with Crippen LogP contribution in [0.2, 0.25) is 0 Å². The fraction of sp³-hybridized carbons (Fsp3) is 0. The van der Waals surface area contributed by atoms with Crippen molar-refractivity contribution in [1.82, 2.24) is 4.57 Å². The van der Waals surface area contributed by atoms with Gasteiger partial charge in [0.05, 0.1) is 5.52 Å². The Kier molecular flexibility index (Phi) is 5.82. The lowest BCUT2D eigenvalue weighted by atomic mass is 10.0. The highest BCUT2D eigenvalue weighted by atomic mass is 15.1. The zero-order valence-corrected chi connectivity index (χ0v) is 23.1. The van der Waals surface area contributed by atoms with Gasteiger partial charge in [-0.15, -0.1) is 0 Å². The second-order valence-electron chi connectivity index (χ2n) is 10.7. The zero-order valence-electron chi connectivity index (χ0n) is 23.1. The van der Waals surface area contributed by atoms with Crippen LogP contribution in [0, 0.1) is 0 Å². The van der Waals surface area contributed by atoms with Crippen molar-refractivity contribution in [3.05, 3.63) is 170 Å². The Hall–Kier alpha value is -5.60. The molecule has 1 aromatic heterocycles. The van der Waals surface area contributed by atoms with E-state index in [0.29, 0.717) is 0 Å². The van der Waals surface area contributed by atoms with E-state index in [2.05, 4.69) is 179 Å². The summed E-state index contributed by atoms with van der Waals surface area (Å²) >= 11 is 0. The summed E-state index contributed by atoms with van der Waals surface area (Å²) in [6.07, 6.45) is 2.14. The predicted molar refractivity (Wildman–Crippen MR) is 178 cm³/mol. The first-order chi connectivity index (χ1) is 20.8. The highest BCUT2D eigenvalue weighted by molar-refractivity contribution is 5.92. The molecule has 0 fully saturated rings. The van der Waals surface area contributed by atoms with E-state index in [1.54, 1.807) is 0 Å². The summed E-state index contributed by atoms with van der Waals surface area (Å²) in [6.45, 7) is 0. The van der Waals surface area contributed by atoms with Gasteiger partial charge in [0.15, 0.2) is 0 Å². The minimum atomic E-state index is 1.12. The number of rotatable bonds is 5. The first-order valence-electron chi connectivity index (χ1n) is 14.3. The highest BCUT2D eigenvalue weighted by Crippen LogP contribution is 2.38. The molecule has 0 saturated heterocycles. The Balaban J connectivity index is 1.17. The largest absolute Gasteiger partial charge is 0.317 e. The van der Waals surface area contributed by atoms with Crippen LogP contribution in [0.5, 0.6) is 0 Å². The number of para-hydroxylation sites is 1. The van der Waals surface area contributed by atoms with Crippen LogP contribution in [0.4, 0.5) is 17.1 Å². The molecule has 2 heteroatoms. The van der Waals surface area contributed by atoms with Crippen molar-refractivity contribution >= 4 is 49.5 Å². The van der Waals surface area contributed by atoms with Crippen molar-refractivity contribution in [3.8, 4) is 16.8 Å². The first-order valence-corrected chi connectivity index (χ1v) is 14.3. The molecular weight excluding hydrogens is 508 g/mol. The third kappa shape index (κ3) is 4.31. The summed E-state index contributed by atoms with van der Waals surface area (Å²) in [4.78, 5) is 2.35. The molecule has 0 amide bonds. The maximum absolute atomic E-state index is 2.35. The average molecular weight is 537 g/mol. The molecule has 0 spiro atoms. The van der Waals surface area contributed by atoms with Gasteiger partial charge in [-0.1, -0.05) is 103 Å². The van der Waals surface area contributed by atoms with Crippen LogP contribution in [-0.2, 0) is 0 Å². The van der Waals surface area contributed by atoms with Gasteiger partial charge < -0.3 is 9.47 Å².